The quantitative estimate of drug-likeness (QED) is 0.491. The minimum absolute atomic E-state index is 0.00898. The molecular formula is C23H23F2N5O4. The summed E-state index contributed by atoms with van der Waals surface area (Å²) in [5.41, 5.74) is 7.73. The summed E-state index contributed by atoms with van der Waals surface area (Å²) in [6, 6.07) is 2.76. The molecule has 4 heterocycles. The number of nitrogen functional groups attached to an aromatic ring is 1. The number of nitrogens with zero attached hydrogens (tertiary/aromatic N) is 3. The van der Waals surface area contributed by atoms with Gasteiger partial charge >= 0.3 is 6.09 Å². The second-order valence-electron chi connectivity index (χ2n) is 8.54. The smallest absolute Gasteiger partial charge is 0.413 e. The number of carbonyl (C=O) groups is 1. The Morgan fingerprint density at radius 1 is 1.26 bits per heavy atom. The van der Waals surface area contributed by atoms with Crippen LogP contribution in [0.2, 0.25) is 0 Å². The van der Waals surface area contributed by atoms with Gasteiger partial charge in [-0.2, -0.15) is 4.39 Å². The van der Waals surface area contributed by atoms with E-state index in [2.05, 4.69) is 15.3 Å². The van der Waals surface area contributed by atoms with Gasteiger partial charge in [-0.25, -0.2) is 19.2 Å². The van der Waals surface area contributed by atoms with Crippen LogP contribution in [0.25, 0.3) is 21.9 Å². The molecule has 178 valence electrons. The van der Waals surface area contributed by atoms with E-state index in [1.807, 2.05) is 6.92 Å². The Morgan fingerprint density at radius 2 is 2.06 bits per heavy atom. The van der Waals surface area contributed by atoms with E-state index < -0.39 is 24.3 Å². The molecule has 2 aliphatic rings. The Morgan fingerprint density at radius 3 is 2.76 bits per heavy atom. The maximum atomic E-state index is 15.4. The van der Waals surface area contributed by atoms with Crippen LogP contribution in [0, 0.1) is 18.7 Å². The van der Waals surface area contributed by atoms with Crippen LogP contribution >= 0.6 is 0 Å². The first-order valence-electron chi connectivity index (χ1n) is 10.8. The highest BCUT2D eigenvalue weighted by atomic mass is 19.1. The van der Waals surface area contributed by atoms with Gasteiger partial charge in [0.2, 0.25) is 5.88 Å². The lowest BCUT2D eigenvalue weighted by atomic mass is 9.97. The summed E-state index contributed by atoms with van der Waals surface area (Å²) in [6.07, 6.45) is 0.101. The minimum Gasteiger partial charge on any atom is -0.465 e. The maximum Gasteiger partial charge on any atom is 0.413 e. The molecule has 4 N–H and O–H groups in total. The Kier molecular flexibility index (Phi) is 5.35. The maximum absolute atomic E-state index is 15.4. The molecule has 5 rings (SSSR count). The van der Waals surface area contributed by atoms with Gasteiger partial charge in [-0.1, -0.05) is 6.92 Å². The summed E-state index contributed by atoms with van der Waals surface area (Å²) in [6.45, 7) is 4.32. The van der Waals surface area contributed by atoms with Crippen molar-refractivity contribution in [2.45, 2.75) is 26.2 Å². The number of pyridine rings is 2. The number of amides is 1. The van der Waals surface area contributed by atoms with E-state index in [9.17, 15) is 14.3 Å². The number of aromatic nitrogens is 2. The van der Waals surface area contributed by atoms with Crippen LogP contribution < -0.4 is 20.7 Å². The van der Waals surface area contributed by atoms with Crippen molar-refractivity contribution in [3.8, 4) is 17.0 Å². The van der Waals surface area contributed by atoms with E-state index in [1.54, 1.807) is 19.1 Å². The molecule has 3 aromatic rings. The lowest BCUT2D eigenvalue weighted by molar-refractivity contribution is 0.0688. The molecule has 2 aromatic heterocycles. The van der Waals surface area contributed by atoms with Gasteiger partial charge in [0.25, 0.3) is 6.36 Å². The number of alkyl halides is 1. The Bertz CT molecular complexity index is 1300. The van der Waals surface area contributed by atoms with Gasteiger partial charge in [0, 0.05) is 34.8 Å². The van der Waals surface area contributed by atoms with Crippen molar-refractivity contribution in [1.82, 2.24) is 9.97 Å². The van der Waals surface area contributed by atoms with E-state index in [0.29, 0.717) is 34.2 Å². The number of hydrogen-bond donors (Lipinski definition) is 3. The molecule has 3 atom stereocenters. The monoisotopic (exact) mass is 471 g/mol. The van der Waals surface area contributed by atoms with Crippen LogP contribution in [0.5, 0.6) is 5.88 Å². The molecule has 0 aliphatic carbocycles. The molecule has 2 aliphatic heterocycles. The SMILES string of the molecule is Cc1c(-c2cc3cc(N(C(=O)O)[C@@H]4COC[C@@H]4C)ncc3c(N)c2F)cnc2c1NC[C@@H](F)O2. The summed E-state index contributed by atoms with van der Waals surface area (Å²) in [4.78, 5) is 21.7. The second-order valence-corrected chi connectivity index (χ2v) is 8.54. The lowest BCUT2D eigenvalue weighted by Crippen LogP contribution is -2.43. The number of ether oxygens (including phenoxy) is 2. The first kappa shape index (κ1) is 22.1. The number of rotatable bonds is 3. The van der Waals surface area contributed by atoms with E-state index in [-0.39, 0.29) is 42.0 Å². The van der Waals surface area contributed by atoms with Gasteiger partial charge in [-0.15, -0.1) is 0 Å². The summed E-state index contributed by atoms with van der Waals surface area (Å²) in [7, 11) is 0. The van der Waals surface area contributed by atoms with Gasteiger partial charge in [0.05, 0.1) is 31.5 Å². The Hall–Kier alpha value is -3.73. The van der Waals surface area contributed by atoms with Gasteiger partial charge < -0.3 is 25.6 Å². The molecule has 1 aromatic carbocycles. The van der Waals surface area contributed by atoms with Crippen molar-refractivity contribution in [2.75, 3.05) is 35.7 Å². The fourth-order valence-corrected chi connectivity index (χ4v) is 4.50. The molecular weight excluding hydrogens is 448 g/mol. The van der Waals surface area contributed by atoms with Crippen molar-refractivity contribution < 1.29 is 28.2 Å². The summed E-state index contributed by atoms with van der Waals surface area (Å²) in [5, 5.41) is 13.7. The largest absolute Gasteiger partial charge is 0.465 e. The molecule has 11 heteroatoms. The Balaban J connectivity index is 1.63. The van der Waals surface area contributed by atoms with Crippen molar-refractivity contribution in [3.05, 3.63) is 35.9 Å². The highest BCUT2D eigenvalue weighted by Gasteiger charge is 2.35. The minimum atomic E-state index is -1.52. The van der Waals surface area contributed by atoms with Crippen LogP contribution in [0.3, 0.4) is 0 Å². The number of nitrogens with one attached hydrogen (secondary N) is 1. The van der Waals surface area contributed by atoms with Gasteiger partial charge in [0.1, 0.15) is 11.5 Å². The lowest BCUT2D eigenvalue weighted by Gasteiger charge is -2.27. The zero-order chi connectivity index (χ0) is 24.1. The van der Waals surface area contributed by atoms with Crippen LogP contribution in [-0.2, 0) is 4.74 Å². The van der Waals surface area contributed by atoms with Crippen molar-refractivity contribution in [1.29, 1.82) is 0 Å². The van der Waals surface area contributed by atoms with Crippen LogP contribution in [0.1, 0.15) is 12.5 Å². The number of anilines is 3. The number of benzene rings is 1. The zero-order valence-corrected chi connectivity index (χ0v) is 18.5. The third-order valence-electron chi connectivity index (χ3n) is 6.37. The van der Waals surface area contributed by atoms with Crippen LogP contribution in [0.15, 0.2) is 24.5 Å². The fourth-order valence-electron chi connectivity index (χ4n) is 4.50. The number of carboxylic acid groups (broad SMARTS) is 1. The highest BCUT2D eigenvalue weighted by molar-refractivity contribution is 5.99. The third-order valence-corrected chi connectivity index (χ3v) is 6.37. The van der Waals surface area contributed by atoms with Gasteiger partial charge in [-0.3, -0.25) is 4.90 Å². The van der Waals surface area contributed by atoms with E-state index in [1.165, 1.54) is 17.3 Å². The molecule has 0 saturated carbocycles. The molecule has 9 nitrogen and oxygen atoms in total. The molecule has 0 radical (unpaired) electrons. The van der Waals surface area contributed by atoms with Crippen molar-refractivity contribution in [2.24, 2.45) is 5.92 Å². The second kappa shape index (κ2) is 8.24. The first-order valence-corrected chi connectivity index (χ1v) is 10.8. The Labute approximate surface area is 193 Å². The third kappa shape index (κ3) is 3.52. The van der Waals surface area contributed by atoms with E-state index in [4.69, 9.17) is 15.2 Å². The molecule has 1 saturated heterocycles. The molecule has 0 bridgehead atoms. The van der Waals surface area contributed by atoms with Crippen LogP contribution in [-0.4, -0.2) is 53.3 Å². The number of halogens is 2. The topological polar surface area (TPSA) is 123 Å². The average Bonchev–Trinajstić information content (AvgIpc) is 3.21. The van der Waals surface area contributed by atoms with Gasteiger partial charge in [0.15, 0.2) is 5.82 Å². The van der Waals surface area contributed by atoms with Crippen molar-refractivity contribution in [3.63, 3.8) is 0 Å². The summed E-state index contributed by atoms with van der Waals surface area (Å²) in [5.74, 6) is -0.362. The normalized spacial score (nSPS) is 21.6. The summed E-state index contributed by atoms with van der Waals surface area (Å²) >= 11 is 0. The first-order chi connectivity index (χ1) is 16.3. The molecule has 34 heavy (non-hydrogen) atoms. The molecule has 1 amide bonds. The van der Waals surface area contributed by atoms with Crippen LogP contribution in [0.4, 0.5) is 30.8 Å². The number of hydrogen-bond acceptors (Lipinski definition) is 7. The predicted molar refractivity (Wildman–Crippen MR) is 122 cm³/mol. The fraction of sp³-hybridized carbons (Fsp3) is 0.348. The average molecular weight is 471 g/mol. The highest BCUT2D eigenvalue weighted by Crippen LogP contribution is 2.40. The number of fused-ring (bicyclic) bond motifs is 2. The zero-order valence-electron chi connectivity index (χ0n) is 18.5. The van der Waals surface area contributed by atoms with Crippen molar-refractivity contribution >= 4 is 34.1 Å². The molecule has 0 spiro atoms. The molecule has 1 fully saturated rings. The standard InChI is InChI=1S/C23H23F2N5O4/c1-10-8-33-9-16(10)30(23(31)32)18-4-12-3-13(19(25)20(26)15(12)6-27-18)14-5-29-22-21(11(14)2)28-7-17(24)34-22/h3-6,10,16-17,28H,7-9,26H2,1-2H3,(H,31,32)/t10-,16+,17-/m0/s1. The van der Waals surface area contributed by atoms with E-state index in [0.717, 1.165) is 0 Å². The van der Waals surface area contributed by atoms with E-state index >= 15 is 4.39 Å². The van der Waals surface area contributed by atoms with Gasteiger partial charge in [-0.05, 0) is 30.0 Å². The number of nitrogens with two attached hydrogens (primary N) is 1. The summed E-state index contributed by atoms with van der Waals surface area (Å²) < 4.78 is 39.5. The predicted octanol–water partition coefficient (Wildman–Crippen LogP) is 3.95. The molecule has 0 unspecified atom stereocenters.